The van der Waals surface area contributed by atoms with E-state index >= 15 is 0 Å². The molecule has 0 aromatic rings. The summed E-state index contributed by atoms with van der Waals surface area (Å²) in [5.74, 6) is -0.175. The summed E-state index contributed by atoms with van der Waals surface area (Å²) >= 11 is 0. The van der Waals surface area contributed by atoms with Crippen molar-refractivity contribution >= 4 is 31.1 Å². The third-order valence-corrected chi connectivity index (χ3v) is 6.44. The van der Waals surface area contributed by atoms with Crippen molar-refractivity contribution in [3.8, 4) is 0 Å². The second-order valence-electron chi connectivity index (χ2n) is 4.39. The average molecular weight is 452 g/mol. The number of hydrogen-bond acceptors (Lipinski definition) is 7. The van der Waals surface area contributed by atoms with Gasteiger partial charge in [0.05, 0.1) is 20.6 Å². The molecule has 0 bridgehead atoms. The van der Waals surface area contributed by atoms with E-state index < -0.39 is 42.0 Å². The van der Waals surface area contributed by atoms with E-state index in [0.717, 1.165) is 0 Å². The fourth-order valence-corrected chi connectivity index (χ4v) is 5.00. The first-order valence-corrected chi connectivity index (χ1v) is 10.6. The predicted octanol–water partition coefficient (Wildman–Crippen LogP) is 0.783. The zero-order valence-electron chi connectivity index (χ0n) is 11.7. The monoisotopic (exact) mass is 452 g/mol. The maximum atomic E-state index is 11.5. The molecule has 1 saturated heterocycles. The minimum atomic E-state index is -5.25. The summed E-state index contributed by atoms with van der Waals surface area (Å²) in [6, 6.07) is -0.653. The number of ether oxygens (including phenoxy) is 1. The molecular formula is C7H15BO10P3Y-. The Kier molecular flexibility index (Phi) is 9.42. The molecule has 0 aromatic carbocycles. The van der Waals surface area contributed by atoms with Crippen LogP contribution >= 0.6 is 23.2 Å². The molecule has 1 rings (SSSR count). The summed E-state index contributed by atoms with van der Waals surface area (Å²) in [6.07, 6.45) is 0.995. The number of rotatable bonds is 7. The van der Waals surface area contributed by atoms with E-state index in [-0.39, 0.29) is 38.6 Å². The van der Waals surface area contributed by atoms with Gasteiger partial charge in [-0.2, -0.15) is 4.31 Å². The molecule has 3 N–H and O–H groups in total. The van der Waals surface area contributed by atoms with Crippen molar-refractivity contribution in [2.24, 2.45) is 5.92 Å². The SMILES string of the molecule is [B][C@H]1[CH-][C@@H](C)[C@@H](COP(=O)(O)OP(=O)(O)OP(C)(=O)O)O1.[Y]. The molecule has 10 nitrogen and oxygen atoms in total. The van der Waals surface area contributed by atoms with Gasteiger partial charge in [-0.3, -0.25) is 9.09 Å². The van der Waals surface area contributed by atoms with Crippen LogP contribution in [-0.4, -0.2) is 47.9 Å². The van der Waals surface area contributed by atoms with Gasteiger partial charge in [-0.25, -0.2) is 13.4 Å². The maximum Gasteiger partial charge on any atom is 0.488 e. The summed E-state index contributed by atoms with van der Waals surface area (Å²) < 4.78 is 50.9. The van der Waals surface area contributed by atoms with Crippen LogP contribution in [0.1, 0.15) is 6.92 Å². The Hall–Kier alpha value is 1.58. The molecule has 22 heavy (non-hydrogen) atoms. The Morgan fingerprint density at radius 3 is 2.14 bits per heavy atom. The Morgan fingerprint density at radius 2 is 1.73 bits per heavy atom. The van der Waals surface area contributed by atoms with Crippen molar-refractivity contribution in [2.75, 3.05) is 13.3 Å². The topological polar surface area (TPSA) is 149 Å². The van der Waals surface area contributed by atoms with Crippen LogP contribution in [0.15, 0.2) is 0 Å². The Morgan fingerprint density at radius 1 is 1.18 bits per heavy atom. The van der Waals surface area contributed by atoms with Gasteiger partial charge in [0.2, 0.25) is 0 Å². The quantitative estimate of drug-likeness (QED) is 0.288. The molecule has 6 atom stereocenters. The molecule has 0 aliphatic carbocycles. The van der Waals surface area contributed by atoms with Gasteiger partial charge in [-0.1, -0.05) is 12.9 Å². The first kappa shape index (κ1) is 23.6. The van der Waals surface area contributed by atoms with E-state index in [2.05, 4.69) is 13.1 Å². The van der Waals surface area contributed by atoms with E-state index in [1.807, 2.05) is 0 Å². The second kappa shape index (κ2) is 8.79. The first-order chi connectivity index (χ1) is 9.30. The van der Waals surface area contributed by atoms with Gasteiger partial charge >= 0.3 is 23.2 Å². The average Bonchev–Trinajstić information content (AvgIpc) is 2.48. The molecule has 1 aliphatic rings. The van der Waals surface area contributed by atoms with E-state index in [9.17, 15) is 18.6 Å². The number of phosphoric ester groups is 1. The molecule has 0 aromatic heterocycles. The van der Waals surface area contributed by atoms with Crippen LogP contribution in [0, 0.1) is 12.3 Å². The van der Waals surface area contributed by atoms with Crippen molar-refractivity contribution in [3.63, 3.8) is 0 Å². The molecule has 0 amide bonds. The van der Waals surface area contributed by atoms with Crippen molar-refractivity contribution in [2.45, 2.75) is 19.0 Å². The van der Waals surface area contributed by atoms with Crippen molar-refractivity contribution in [1.82, 2.24) is 0 Å². The fourth-order valence-electron chi connectivity index (χ4n) is 1.51. The van der Waals surface area contributed by atoms with Crippen LogP contribution in [0.5, 0.6) is 0 Å². The summed E-state index contributed by atoms with van der Waals surface area (Å²) in [7, 11) is -9.19. The third kappa shape index (κ3) is 9.16. The van der Waals surface area contributed by atoms with Crippen molar-refractivity contribution < 1.29 is 79.0 Å². The molecule has 3 unspecified atom stereocenters. The summed E-state index contributed by atoms with van der Waals surface area (Å²) in [4.78, 5) is 27.2. The molecule has 1 fully saturated rings. The Labute approximate surface area is 154 Å². The summed E-state index contributed by atoms with van der Waals surface area (Å²) in [5, 5.41) is 0. The third-order valence-electron chi connectivity index (χ3n) is 2.27. The van der Waals surface area contributed by atoms with Gasteiger partial charge in [0, 0.05) is 39.4 Å². The fraction of sp³-hybridized carbons (Fsp3) is 0.857. The van der Waals surface area contributed by atoms with Crippen molar-refractivity contribution in [3.05, 3.63) is 6.42 Å². The van der Waals surface area contributed by atoms with Crippen LogP contribution in [0.4, 0.5) is 0 Å². The molecule has 125 valence electrons. The van der Waals surface area contributed by atoms with Gasteiger partial charge in [0.25, 0.3) is 0 Å². The molecule has 15 heteroatoms. The van der Waals surface area contributed by atoms with E-state index in [4.69, 9.17) is 22.4 Å². The molecule has 0 spiro atoms. The van der Waals surface area contributed by atoms with Crippen LogP contribution in [-0.2, 0) is 64.3 Å². The first-order valence-electron chi connectivity index (χ1n) is 5.59. The normalized spacial score (nSPS) is 33.2. The zero-order chi connectivity index (χ0) is 16.5. The van der Waals surface area contributed by atoms with Gasteiger partial charge in [0.1, 0.15) is 0 Å². The Bertz CT molecular complexity index is 511. The maximum absolute atomic E-state index is 11.5. The van der Waals surface area contributed by atoms with Crippen LogP contribution in [0.3, 0.4) is 0 Å². The minimum absolute atomic E-state index is 0. The molecular weight excluding hydrogens is 437 g/mol. The molecule has 1 aliphatic heterocycles. The predicted molar refractivity (Wildman–Crippen MR) is 71.4 cm³/mol. The minimum Gasteiger partial charge on any atom is -0.415 e. The van der Waals surface area contributed by atoms with E-state index in [1.54, 1.807) is 13.3 Å². The molecule has 0 saturated carbocycles. The summed E-state index contributed by atoms with van der Waals surface area (Å²) in [6.45, 7) is 1.89. The smallest absolute Gasteiger partial charge is 0.415 e. The number of hydrogen-bond donors (Lipinski definition) is 3. The Balaban J connectivity index is 0.00000441. The van der Waals surface area contributed by atoms with Gasteiger partial charge in [-0.05, 0) is 0 Å². The van der Waals surface area contributed by atoms with Crippen LogP contribution in [0.25, 0.3) is 0 Å². The van der Waals surface area contributed by atoms with E-state index in [0.29, 0.717) is 6.66 Å². The van der Waals surface area contributed by atoms with Crippen LogP contribution in [0.2, 0.25) is 0 Å². The standard InChI is InChI=1S/C7H15BO10P3.Y/c1-5-3-7(8)16-6(5)4-15-20(11,12)18-21(13,14)17-19(2,9)10;/h3,5-7H,4H2,1-2H3,(H,9,10)(H,11,12)(H,13,14);/q-1;/t5-,6-,7-;/m1./s1. The number of phosphoric acid groups is 2. The van der Waals surface area contributed by atoms with Crippen LogP contribution < -0.4 is 0 Å². The second-order valence-corrected chi connectivity index (χ2v) is 9.43. The zero-order valence-corrected chi connectivity index (χ0v) is 17.2. The molecule has 1 heterocycles. The van der Waals surface area contributed by atoms with Gasteiger partial charge < -0.3 is 25.8 Å². The van der Waals surface area contributed by atoms with Gasteiger partial charge in [0.15, 0.2) is 0 Å². The summed E-state index contributed by atoms with van der Waals surface area (Å²) in [5.41, 5.74) is 0. The largest absolute Gasteiger partial charge is 0.488 e. The van der Waals surface area contributed by atoms with Crippen molar-refractivity contribution in [1.29, 1.82) is 0 Å². The van der Waals surface area contributed by atoms with E-state index in [1.165, 1.54) is 0 Å². The van der Waals surface area contributed by atoms with Gasteiger partial charge in [-0.15, -0.1) is 5.92 Å². The molecule has 3 radical (unpaired) electrons.